The smallest absolute Gasteiger partial charge is 0.407 e. The summed E-state index contributed by atoms with van der Waals surface area (Å²) in [6, 6.07) is 8.51. The number of benzene rings is 1. The van der Waals surface area contributed by atoms with Crippen LogP contribution in [-0.4, -0.2) is 52.0 Å². The highest BCUT2D eigenvalue weighted by Crippen LogP contribution is 2.22. The van der Waals surface area contributed by atoms with Crippen molar-refractivity contribution in [1.82, 2.24) is 10.2 Å². The van der Waals surface area contributed by atoms with Gasteiger partial charge in [0, 0.05) is 13.1 Å². The number of likely N-dealkylation sites (tertiary alicyclic amines) is 1. The van der Waals surface area contributed by atoms with E-state index in [1.807, 2.05) is 30.3 Å². The van der Waals surface area contributed by atoms with Crippen molar-refractivity contribution in [1.29, 1.82) is 0 Å². The molecule has 2 amide bonds. The Morgan fingerprint density at radius 3 is 2.74 bits per heavy atom. The van der Waals surface area contributed by atoms with Gasteiger partial charge in [0.2, 0.25) is 0 Å². The van der Waals surface area contributed by atoms with Crippen molar-refractivity contribution in [2.75, 3.05) is 13.1 Å². The van der Waals surface area contributed by atoms with Crippen LogP contribution < -0.4 is 5.32 Å². The molecule has 1 fully saturated rings. The summed E-state index contributed by atoms with van der Waals surface area (Å²) < 4.78 is 5.13. The van der Waals surface area contributed by atoms with E-state index in [-0.39, 0.29) is 13.2 Å². The zero-order valence-electron chi connectivity index (χ0n) is 13.1. The van der Waals surface area contributed by atoms with Gasteiger partial charge in [-0.3, -0.25) is 0 Å². The third-order valence-electron chi connectivity index (χ3n) is 4.04. The molecule has 1 aromatic rings. The molecule has 0 radical (unpaired) electrons. The van der Waals surface area contributed by atoms with Crippen LogP contribution in [0.25, 0.3) is 0 Å². The summed E-state index contributed by atoms with van der Waals surface area (Å²) in [5.74, 6) is 0. The van der Waals surface area contributed by atoms with E-state index in [0.717, 1.165) is 5.56 Å². The van der Waals surface area contributed by atoms with Crippen LogP contribution in [0.1, 0.15) is 25.3 Å². The van der Waals surface area contributed by atoms with E-state index in [1.54, 1.807) is 6.92 Å². The van der Waals surface area contributed by atoms with Crippen LogP contribution in [0, 0.1) is 0 Å². The summed E-state index contributed by atoms with van der Waals surface area (Å²) in [4.78, 5) is 24.3. The van der Waals surface area contributed by atoms with Crippen molar-refractivity contribution in [3.8, 4) is 0 Å². The highest BCUT2D eigenvalue weighted by atomic mass is 16.5. The maximum Gasteiger partial charge on any atom is 0.407 e. The lowest BCUT2D eigenvalue weighted by Gasteiger charge is -2.32. The Morgan fingerprint density at radius 2 is 2.09 bits per heavy atom. The molecule has 1 aliphatic heterocycles. The lowest BCUT2D eigenvalue weighted by Crippen LogP contribution is -2.55. The van der Waals surface area contributed by atoms with Gasteiger partial charge in [-0.2, -0.15) is 0 Å². The molecule has 1 aromatic carbocycles. The number of alkyl carbamates (subject to hydrolysis) is 1. The minimum atomic E-state index is -1.18. The van der Waals surface area contributed by atoms with E-state index < -0.39 is 23.8 Å². The van der Waals surface area contributed by atoms with Gasteiger partial charge >= 0.3 is 12.2 Å². The van der Waals surface area contributed by atoms with Gasteiger partial charge in [0.1, 0.15) is 6.61 Å². The molecule has 0 bridgehead atoms. The van der Waals surface area contributed by atoms with Crippen LogP contribution in [0.4, 0.5) is 9.59 Å². The highest BCUT2D eigenvalue weighted by Gasteiger charge is 2.38. The number of hydrogen-bond donors (Lipinski definition) is 3. The van der Waals surface area contributed by atoms with Crippen molar-refractivity contribution in [3.05, 3.63) is 35.9 Å². The Balaban J connectivity index is 1.94. The standard InChI is InChI=1S/C16H22N2O5/c1-16(22)8-5-9-18(15(20)21)10-13(16)17-14(19)23-11-12-6-3-2-4-7-12/h2-4,6-7,13,22H,5,8-11H2,1H3,(H,17,19)(H,20,21)/t13-,16+/m0/s1. The molecule has 2 rings (SSSR count). The number of hydrogen-bond acceptors (Lipinski definition) is 4. The quantitative estimate of drug-likeness (QED) is 0.788. The fourth-order valence-corrected chi connectivity index (χ4v) is 2.59. The van der Waals surface area contributed by atoms with E-state index in [4.69, 9.17) is 9.84 Å². The number of carbonyl (C=O) groups is 2. The molecule has 7 heteroatoms. The van der Waals surface area contributed by atoms with Crippen molar-refractivity contribution in [3.63, 3.8) is 0 Å². The van der Waals surface area contributed by atoms with Crippen molar-refractivity contribution >= 4 is 12.2 Å². The number of ether oxygens (including phenoxy) is 1. The van der Waals surface area contributed by atoms with E-state index in [1.165, 1.54) is 4.90 Å². The molecule has 0 unspecified atom stereocenters. The van der Waals surface area contributed by atoms with Gasteiger partial charge in [-0.05, 0) is 25.3 Å². The van der Waals surface area contributed by atoms with E-state index in [9.17, 15) is 14.7 Å². The average molecular weight is 322 g/mol. The molecule has 3 N–H and O–H groups in total. The molecule has 2 atom stereocenters. The number of amides is 2. The first-order chi connectivity index (χ1) is 10.9. The Labute approximate surface area is 134 Å². The highest BCUT2D eigenvalue weighted by molar-refractivity contribution is 5.68. The summed E-state index contributed by atoms with van der Waals surface area (Å²) in [6.07, 6.45) is -0.796. The topological polar surface area (TPSA) is 99.1 Å². The molecule has 0 aromatic heterocycles. The van der Waals surface area contributed by atoms with Crippen LogP contribution in [-0.2, 0) is 11.3 Å². The SMILES string of the molecule is C[C@@]1(O)CCCN(C(=O)O)C[C@@H]1NC(=O)OCc1ccccc1. The van der Waals surface area contributed by atoms with Crippen LogP contribution in [0.3, 0.4) is 0 Å². The van der Waals surface area contributed by atoms with Gasteiger partial charge in [-0.25, -0.2) is 9.59 Å². The lowest BCUT2D eigenvalue weighted by molar-refractivity contribution is 0.0111. The molecule has 1 aliphatic rings. The summed E-state index contributed by atoms with van der Waals surface area (Å²) in [7, 11) is 0. The van der Waals surface area contributed by atoms with Crippen molar-refractivity contribution < 1.29 is 24.5 Å². The number of nitrogens with one attached hydrogen (secondary N) is 1. The van der Waals surface area contributed by atoms with Crippen LogP contribution >= 0.6 is 0 Å². The first-order valence-corrected chi connectivity index (χ1v) is 7.56. The van der Waals surface area contributed by atoms with Gasteiger partial charge < -0.3 is 25.2 Å². The Hall–Kier alpha value is -2.28. The van der Waals surface area contributed by atoms with E-state index in [0.29, 0.717) is 19.4 Å². The van der Waals surface area contributed by atoms with Gasteiger partial charge in [0.15, 0.2) is 0 Å². The molecule has 0 spiro atoms. The number of rotatable bonds is 3. The minimum Gasteiger partial charge on any atom is -0.465 e. The summed E-state index contributed by atoms with van der Waals surface area (Å²) in [5, 5.41) is 22.2. The zero-order valence-corrected chi connectivity index (χ0v) is 13.1. The number of aliphatic hydroxyl groups is 1. The van der Waals surface area contributed by atoms with Gasteiger partial charge in [-0.15, -0.1) is 0 Å². The second-order valence-electron chi connectivity index (χ2n) is 5.95. The molecule has 0 aliphatic carbocycles. The number of carboxylic acid groups (broad SMARTS) is 1. The predicted octanol–water partition coefficient (Wildman–Crippen LogP) is 1.81. The van der Waals surface area contributed by atoms with Crippen molar-refractivity contribution in [2.24, 2.45) is 0 Å². The third kappa shape index (κ3) is 4.85. The first-order valence-electron chi connectivity index (χ1n) is 7.56. The predicted molar refractivity (Wildman–Crippen MR) is 83.0 cm³/mol. The first kappa shape index (κ1) is 17.1. The monoisotopic (exact) mass is 322 g/mol. The summed E-state index contributed by atoms with van der Waals surface area (Å²) in [6.45, 7) is 2.08. The van der Waals surface area contributed by atoms with Gasteiger partial charge in [0.25, 0.3) is 0 Å². The van der Waals surface area contributed by atoms with Gasteiger partial charge in [-0.1, -0.05) is 30.3 Å². The maximum atomic E-state index is 12.0. The summed E-state index contributed by atoms with van der Waals surface area (Å²) >= 11 is 0. The second kappa shape index (κ2) is 7.32. The lowest BCUT2D eigenvalue weighted by atomic mass is 9.92. The largest absolute Gasteiger partial charge is 0.465 e. The molecular formula is C16H22N2O5. The number of nitrogens with zero attached hydrogens (tertiary/aromatic N) is 1. The molecule has 7 nitrogen and oxygen atoms in total. The normalized spacial score (nSPS) is 24.6. The van der Waals surface area contributed by atoms with Crippen LogP contribution in [0.5, 0.6) is 0 Å². The molecule has 126 valence electrons. The van der Waals surface area contributed by atoms with E-state index >= 15 is 0 Å². The molecule has 1 saturated heterocycles. The maximum absolute atomic E-state index is 12.0. The second-order valence-corrected chi connectivity index (χ2v) is 5.95. The van der Waals surface area contributed by atoms with Crippen molar-refractivity contribution in [2.45, 2.75) is 38.0 Å². The number of carbonyl (C=O) groups excluding carboxylic acids is 1. The minimum absolute atomic E-state index is 0.0305. The zero-order chi connectivity index (χ0) is 16.9. The summed E-state index contributed by atoms with van der Waals surface area (Å²) in [5.41, 5.74) is -0.335. The van der Waals surface area contributed by atoms with Crippen LogP contribution in [0.15, 0.2) is 30.3 Å². The van der Waals surface area contributed by atoms with Crippen LogP contribution in [0.2, 0.25) is 0 Å². The molecule has 1 heterocycles. The van der Waals surface area contributed by atoms with Gasteiger partial charge in [0.05, 0.1) is 11.6 Å². The molecule has 23 heavy (non-hydrogen) atoms. The molecule has 0 saturated carbocycles. The Morgan fingerprint density at radius 1 is 1.39 bits per heavy atom. The fourth-order valence-electron chi connectivity index (χ4n) is 2.59. The Bertz CT molecular complexity index is 547. The third-order valence-corrected chi connectivity index (χ3v) is 4.04. The Kier molecular flexibility index (Phi) is 5.44. The average Bonchev–Trinajstić information content (AvgIpc) is 2.65. The molecular weight excluding hydrogens is 300 g/mol. The van der Waals surface area contributed by atoms with E-state index in [2.05, 4.69) is 5.32 Å². The fraction of sp³-hybridized carbons (Fsp3) is 0.500.